The van der Waals surface area contributed by atoms with Gasteiger partial charge in [0.05, 0.1) is 6.04 Å². The van der Waals surface area contributed by atoms with Crippen LogP contribution in [0.1, 0.15) is 63.0 Å². The summed E-state index contributed by atoms with van der Waals surface area (Å²) < 4.78 is 0. The summed E-state index contributed by atoms with van der Waals surface area (Å²) in [5.74, 6) is 0.499. The Morgan fingerprint density at radius 2 is 1.78 bits per heavy atom. The molecule has 1 aliphatic heterocycles. The number of amides is 1. The molecular weight excluding hydrogens is 308 g/mol. The molecular formula is C19H29ClN2O. The van der Waals surface area contributed by atoms with E-state index in [1.807, 2.05) is 6.07 Å². The van der Waals surface area contributed by atoms with Crippen molar-refractivity contribution in [2.75, 3.05) is 6.54 Å². The van der Waals surface area contributed by atoms with E-state index < -0.39 is 0 Å². The van der Waals surface area contributed by atoms with Crippen LogP contribution in [0.3, 0.4) is 0 Å². The maximum atomic E-state index is 13.1. The average Bonchev–Trinajstić information content (AvgIpc) is 2.81. The summed E-state index contributed by atoms with van der Waals surface area (Å²) in [5, 5.41) is 0. The lowest BCUT2D eigenvalue weighted by Crippen LogP contribution is -2.42. The van der Waals surface area contributed by atoms with Crippen LogP contribution in [-0.4, -0.2) is 23.4 Å². The van der Waals surface area contributed by atoms with Crippen molar-refractivity contribution in [3.8, 4) is 0 Å². The van der Waals surface area contributed by atoms with E-state index >= 15 is 0 Å². The fraction of sp³-hybridized carbons (Fsp3) is 0.632. The third-order valence-corrected chi connectivity index (χ3v) is 5.28. The number of nitrogens with two attached hydrogens (primary N) is 1. The van der Waals surface area contributed by atoms with Gasteiger partial charge in [0.2, 0.25) is 5.91 Å². The lowest BCUT2D eigenvalue weighted by atomic mass is 9.84. The quantitative estimate of drug-likeness (QED) is 0.884. The van der Waals surface area contributed by atoms with Crippen molar-refractivity contribution in [1.82, 2.24) is 4.90 Å². The molecule has 128 valence electrons. The SMILES string of the molecule is Cl.NC1CCCC(C(=O)N2CCCCCC2c2ccccc2)C1. The monoisotopic (exact) mass is 336 g/mol. The second-order valence-electron chi connectivity index (χ2n) is 6.93. The Kier molecular flexibility index (Phi) is 6.91. The summed E-state index contributed by atoms with van der Waals surface area (Å²) in [6.07, 6.45) is 8.74. The summed E-state index contributed by atoms with van der Waals surface area (Å²) in [4.78, 5) is 15.3. The fourth-order valence-corrected chi connectivity index (χ4v) is 4.08. The first kappa shape index (κ1) is 18.3. The molecule has 0 aromatic heterocycles. The van der Waals surface area contributed by atoms with E-state index in [2.05, 4.69) is 29.2 Å². The van der Waals surface area contributed by atoms with Gasteiger partial charge < -0.3 is 10.6 Å². The molecule has 1 aliphatic carbocycles. The molecule has 1 aromatic rings. The van der Waals surface area contributed by atoms with E-state index in [4.69, 9.17) is 5.73 Å². The number of halogens is 1. The molecule has 4 heteroatoms. The van der Waals surface area contributed by atoms with Crippen LogP contribution in [0.25, 0.3) is 0 Å². The predicted molar refractivity (Wildman–Crippen MR) is 96.5 cm³/mol. The largest absolute Gasteiger partial charge is 0.335 e. The molecule has 2 N–H and O–H groups in total. The van der Waals surface area contributed by atoms with Crippen molar-refractivity contribution >= 4 is 18.3 Å². The van der Waals surface area contributed by atoms with Crippen LogP contribution < -0.4 is 5.73 Å². The lowest BCUT2D eigenvalue weighted by molar-refractivity contribution is -0.139. The van der Waals surface area contributed by atoms with E-state index in [0.29, 0.717) is 5.91 Å². The molecule has 3 atom stereocenters. The highest BCUT2D eigenvalue weighted by atomic mass is 35.5. The normalized spacial score (nSPS) is 28.6. The molecule has 1 aromatic carbocycles. The van der Waals surface area contributed by atoms with Crippen LogP contribution in [0.4, 0.5) is 0 Å². The van der Waals surface area contributed by atoms with Crippen LogP contribution >= 0.6 is 12.4 Å². The number of carbonyl (C=O) groups excluding carboxylic acids is 1. The minimum atomic E-state index is 0. The minimum Gasteiger partial charge on any atom is -0.335 e. The summed E-state index contributed by atoms with van der Waals surface area (Å²) in [7, 11) is 0. The average molecular weight is 337 g/mol. The number of hydrogen-bond donors (Lipinski definition) is 1. The van der Waals surface area contributed by atoms with Crippen molar-refractivity contribution in [2.24, 2.45) is 11.7 Å². The van der Waals surface area contributed by atoms with E-state index in [1.54, 1.807) is 0 Å². The summed E-state index contributed by atoms with van der Waals surface area (Å²) in [6, 6.07) is 11.0. The van der Waals surface area contributed by atoms with Gasteiger partial charge in [0.15, 0.2) is 0 Å². The van der Waals surface area contributed by atoms with Crippen molar-refractivity contribution in [3.05, 3.63) is 35.9 Å². The first-order valence-corrected chi connectivity index (χ1v) is 8.86. The number of rotatable bonds is 2. The van der Waals surface area contributed by atoms with E-state index in [1.165, 1.54) is 18.4 Å². The van der Waals surface area contributed by atoms with E-state index in [0.717, 1.165) is 45.1 Å². The van der Waals surface area contributed by atoms with Gasteiger partial charge in [-0.15, -0.1) is 12.4 Å². The van der Waals surface area contributed by atoms with Crippen LogP contribution in [0.2, 0.25) is 0 Å². The van der Waals surface area contributed by atoms with Crippen molar-refractivity contribution in [3.63, 3.8) is 0 Å². The minimum absolute atomic E-state index is 0. The standard InChI is InChI=1S/C19H28N2O.ClH/c20-17-11-7-10-16(14-17)19(22)21-13-6-2-5-12-18(21)15-8-3-1-4-9-15;/h1,3-4,8-9,16-18H,2,5-7,10-14,20H2;1H. The molecule has 1 heterocycles. The Bertz CT molecular complexity index is 493. The second-order valence-corrected chi connectivity index (χ2v) is 6.93. The van der Waals surface area contributed by atoms with Crippen LogP contribution in [0.5, 0.6) is 0 Å². The molecule has 3 unspecified atom stereocenters. The first-order valence-electron chi connectivity index (χ1n) is 8.86. The summed E-state index contributed by atoms with van der Waals surface area (Å²) in [5.41, 5.74) is 7.39. The summed E-state index contributed by atoms with van der Waals surface area (Å²) >= 11 is 0. The Labute approximate surface area is 146 Å². The highest BCUT2D eigenvalue weighted by molar-refractivity contribution is 5.85. The van der Waals surface area contributed by atoms with Gasteiger partial charge in [-0.25, -0.2) is 0 Å². The zero-order valence-corrected chi connectivity index (χ0v) is 14.6. The number of nitrogens with zero attached hydrogens (tertiary/aromatic N) is 1. The van der Waals surface area contributed by atoms with Crippen molar-refractivity contribution < 1.29 is 4.79 Å². The van der Waals surface area contributed by atoms with Gasteiger partial charge in [0.1, 0.15) is 0 Å². The molecule has 0 bridgehead atoms. The Morgan fingerprint density at radius 1 is 1.00 bits per heavy atom. The van der Waals surface area contributed by atoms with Crippen LogP contribution in [-0.2, 0) is 4.79 Å². The maximum absolute atomic E-state index is 13.1. The van der Waals surface area contributed by atoms with Gasteiger partial charge in [-0.05, 0) is 37.7 Å². The van der Waals surface area contributed by atoms with Gasteiger partial charge in [0.25, 0.3) is 0 Å². The molecule has 0 spiro atoms. The van der Waals surface area contributed by atoms with Crippen LogP contribution in [0.15, 0.2) is 30.3 Å². The van der Waals surface area contributed by atoms with Gasteiger partial charge in [0, 0.05) is 18.5 Å². The second kappa shape index (κ2) is 8.70. The predicted octanol–water partition coefficient (Wildman–Crippen LogP) is 4.07. The maximum Gasteiger partial charge on any atom is 0.226 e. The van der Waals surface area contributed by atoms with E-state index in [9.17, 15) is 4.79 Å². The molecule has 2 fully saturated rings. The molecule has 0 radical (unpaired) electrons. The molecule has 23 heavy (non-hydrogen) atoms. The van der Waals surface area contributed by atoms with Gasteiger partial charge in [-0.1, -0.05) is 49.6 Å². The van der Waals surface area contributed by atoms with Crippen LogP contribution in [0, 0.1) is 5.92 Å². The molecule has 3 nitrogen and oxygen atoms in total. The topological polar surface area (TPSA) is 46.3 Å². The lowest BCUT2D eigenvalue weighted by Gasteiger charge is -2.35. The summed E-state index contributed by atoms with van der Waals surface area (Å²) in [6.45, 7) is 0.907. The molecule has 1 saturated carbocycles. The smallest absolute Gasteiger partial charge is 0.226 e. The fourth-order valence-electron chi connectivity index (χ4n) is 4.08. The zero-order chi connectivity index (χ0) is 15.4. The number of carbonyl (C=O) groups is 1. The zero-order valence-electron chi connectivity index (χ0n) is 13.8. The van der Waals surface area contributed by atoms with Gasteiger partial charge >= 0.3 is 0 Å². The molecule has 1 amide bonds. The molecule has 1 saturated heterocycles. The highest BCUT2D eigenvalue weighted by Crippen LogP contribution is 2.34. The van der Waals surface area contributed by atoms with Gasteiger partial charge in [-0.2, -0.15) is 0 Å². The molecule has 2 aliphatic rings. The number of benzene rings is 1. The van der Waals surface area contributed by atoms with E-state index in [-0.39, 0.29) is 30.4 Å². The molecule has 3 rings (SSSR count). The van der Waals surface area contributed by atoms with Crippen molar-refractivity contribution in [2.45, 2.75) is 63.5 Å². The van der Waals surface area contributed by atoms with Gasteiger partial charge in [-0.3, -0.25) is 4.79 Å². The number of hydrogen-bond acceptors (Lipinski definition) is 2. The Balaban J connectivity index is 0.00000192. The third kappa shape index (κ3) is 4.48. The van der Waals surface area contributed by atoms with Crippen molar-refractivity contribution in [1.29, 1.82) is 0 Å². The first-order chi connectivity index (χ1) is 10.8. The Hall–Kier alpha value is -1.06. The third-order valence-electron chi connectivity index (χ3n) is 5.28. The highest BCUT2D eigenvalue weighted by Gasteiger charge is 2.33. The number of likely N-dealkylation sites (tertiary alicyclic amines) is 1. The Morgan fingerprint density at radius 3 is 2.52 bits per heavy atom.